The largest absolute Gasteiger partial charge is 0.396 e. The molecular weight excluding hydrogens is 592 g/mol. The second-order valence-electron chi connectivity index (χ2n) is 12.2. The van der Waals surface area contributed by atoms with E-state index in [9.17, 15) is 25.5 Å². The third-order valence-electron chi connectivity index (χ3n) is 7.87. The highest BCUT2D eigenvalue weighted by Crippen LogP contribution is 2.26. The summed E-state index contributed by atoms with van der Waals surface area (Å²) in [5.41, 5.74) is -0.277. The third-order valence-corrected chi connectivity index (χ3v) is 7.87. The van der Waals surface area contributed by atoms with Crippen LogP contribution in [0.1, 0.15) is 16.7 Å². The lowest BCUT2D eigenvalue weighted by Crippen LogP contribution is -2.46. The van der Waals surface area contributed by atoms with Crippen molar-refractivity contribution >= 4 is 0 Å². The Morgan fingerprint density at radius 3 is 0.848 bits per heavy atom. The quantitative estimate of drug-likeness (QED) is 0.0935. The van der Waals surface area contributed by atoms with Crippen molar-refractivity contribution in [3.05, 3.63) is 108 Å². The van der Waals surface area contributed by atoms with Gasteiger partial charge in [-0.15, -0.1) is 0 Å². The standard InChI is InChI=1S/C36H50O10/c37-19-34(20-38,24-42-16-31-10-4-1-5-11-31)26-45-29-36(23-41,28-44-18-33-14-8-3-9-15-33)30-46-27-35(21-39,22-40)25-43-17-32-12-6-2-7-13-32/h1-15,37-41H,16-30H2. The van der Waals surface area contributed by atoms with Crippen LogP contribution in [0.4, 0.5) is 0 Å². The molecule has 0 saturated carbocycles. The summed E-state index contributed by atoms with van der Waals surface area (Å²) < 4.78 is 29.7. The fraction of sp³-hybridized carbons (Fsp3) is 0.500. The van der Waals surface area contributed by atoms with E-state index in [-0.39, 0.29) is 79.3 Å². The molecule has 0 unspecified atom stereocenters. The molecule has 0 saturated heterocycles. The van der Waals surface area contributed by atoms with Crippen LogP contribution in [0.25, 0.3) is 0 Å². The van der Waals surface area contributed by atoms with Crippen LogP contribution in [0, 0.1) is 16.2 Å². The van der Waals surface area contributed by atoms with Crippen molar-refractivity contribution in [2.24, 2.45) is 16.2 Å². The van der Waals surface area contributed by atoms with Crippen LogP contribution in [-0.2, 0) is 43.5 Å². The zero-order valence-corrected chi connectivity index (χ0v) is 26.5. The Kier molecular flexibility index (Phi) is 16.8. The topological polar surface area (TPSA) is 147 Å². The molecule has 0 spiro atoms. The molecule has 0 aromatic heterocycles. The van der Waals surface area contributed by atoms with E-state index in [1.54, 1.807) is 0 Å². The zero-order chi connectivity index (χ0) is 33.0. The number of aliphatic hydroxyl groups excluding tert-OH is 5. The maximum Gasteiger partial charge on any atom is 0.0717 e. The van der Waals surface area contributed by atoms with Gasteiger partial charge in [0, 0.05) is 0 Å². The summed E-state index contributed by atoms with van der Waals surface area (Å²) >= 11 is 0. The van der Waals surface area contributed by atoms with Crippen LogP contribution in [0.5, 0.6) is 0 Å². The van der Waals surface area contributed by atoms with E-state index in [0.29, 0.717) is 19.8 Å². The van der Waals surface area contributed by atoms with E-state index >= 15 is 0 Å². The SMILES string of the molecule is OCC(CO)(COCc1ccccc1)COCC(CO)(COCc1ccccc1)COCC(CO)(CO)COCc1ccccc1. The highest BCUT2D eigenvalue weighted by Gasteiger charge is 2.37. The second-order valence-corrected chi connectivity index (χ2v) is 12.2. The van der Waals surface area contributed by atoms with Crippen LogP contribution < -0.4 is 0 Å². The molecule has 5 N–H and O–H groups in total. The molecule has 46 heavy (non-hydrogen) atoms. The molecule has 0 bridgehead atoms. The maximum absolute atomic E-state index is 10.6. The van der Waals surface area contributed by atoms with Crippen molar-refractivity contribution < 1.29 is 49.2 Å². The van der Waals surface area contributed by atoms with Gasteiger partial charge in [0.25, 0.3) is 0 Å². The smallest absolute Gasteiger partial charge is 0.0717 e. The fourth-order valence-corrected chi connectivity index (χ4v) is 4.66. The first-order valence-electron chi connectivity index (χ1n) is 15.5. The Hall–Kier alpha value is -2.74. The normalized spacial score (nSPS) is 12.5. The van der Waals surface area contributed by atoms with E-state index in [1.165, 1.54) is 0 Å². The lowest BCUT2D eigenvalue weighted by molar-refractivity contribution is -0.142. The Morgan fingerprint density at radius 1 is 0.326 bits per heavy atom. The Bertz CT molecular complexity index is 1100. The van der Waals surface area contributed by atoms with Crippen molar-refractivity contribution in [1.82, 2.24) is 0 Å². The molecular formula is C36H50O10. The summed E-state index contributed by atoms with van der Waals surface area (Å²) in [5, 5.41) is 51.3. The molecule has 254 valence electrons. The van der Waals surface area contributed by atoms with Gasteiger partial charge in [0.2, 0.25) is 0 Å². The Balaban J connectivity index is 1.62. The fourth-order valence-electron chi connectivity index (χ4n) is 4.66. The van der Waals surface area contributed by atoms with E-state index in [4.69, 9.17) is 23.7 Å². The van der Waals surface area contributed by atoms with Gasteiger partial charge < -0.3 is 49.2 Å². The van der Waals surface area contributed by atoms with Crippen LogP contribution in [0.3, 0.4) is 0 Å². The average Bonchev–Trinajstić information content (AvgIpc) is 3.11. The molecule has 3 rings (SSSR count). The van der Waals surface area contributed by atoms with E-state index < -0.39 is 16.2 Å². The number of hydrogen-bond donors (Lipinski definition) is 5. The number of hydrogen-bond acceptors (Lipinski definition) is 10. The Labute approximate surface area is 272 Å². The first kappa shape index (κ1) is 37.7. The highest BCUT2D eigenvalue weighted by atomic mass is 16.5. The van der Waals surface area contributed by atoms with Gasteiger partial charge in [-0.1, -0.05) is 91.0 Å². The lowest BCUT2D eigenvalue weighted by atomic mass is 9.89. The van der Waals surface area contributed by atoms with Gasteiger partial charge in [-0.25, -0.2) is 0 Å². The first-order chi connectivity index (χ1) is 22.5. The second kappa shape index (κ2) is 20.5. The highest BCUT2D eigenvalue weighted by molar-refractivity contribution is 5.15. The van der Waals surface area contributed by atoms with Crippen LogP contribution in [-0.4, -0.2) is 105 Å². The van der Waals surface area contributed by atoms with Crippen molar-refractivity contribution in [3.63, 3.8) is 0 Å². The van der Waals surface area contributed by atoms with Gasteiger partial charge >= 0.3 is 0 Å². The predicted octanol–water partition coefficient (Wildman–Crippen LogP) is 2.59. The van der Waals surface area contributed by atoms with Crippen LogP contribution >= 0.6 is 0 Å². The summed E-state index contributed by atoms with van der Waals surface area (Å²) in [7, 11) is 0. The van der Waals surface area contributed by atoms with E-state index in [0.717, 1.165) is 16.7 Å². The van der Waals surface area contributed by atoms with Gasteiger partial charge in [-0.2, -0.15) is 0 Å². The molecule has 0 aliphatic carbocycles. The lowest BCUT2D eigenvalue weighted by Gasteiger charge is -2.36. The van der Waals surface area contributed by atoms with E-state index in [2.05, 4.69) is 0 Å². The van der Waals surface area contributed by atoms with Crippen molar-refractivity contribution in [1.29, 1.82) is 0 Å². The average molecular weight is 643 g/mol. The monoisotopic (exact) mass is 642 g/mol. The summed E-state index contributed by atoms with van der Waals surface area (Å²) in [5.74, 6) is 0. The molecule has 3 aromatic rings. The van der Waals surface area contributed by atoms with Crippen molar-refractivity contribution in [2.75, 3.05) is 79.3 Å². The maximum atomic E-state index is 10.6. The molecule has 0 amide bonds. The summed E-state index contributed by atoms with van der Waals surface area (Å²) in [4.78, 5) is 0. The predicted molar refractivity (Wildman–Crippen MR) is 173 cm³/mol. The molecule has 0 aliphatic heterocycles. The summed E-state index contributed by atoms with van der Waals surface area (Å²) in [6.07, 6.45) is 0. The van der Waals surface area contributed by atoms with Crippen molar-refractivity contribution in [3.8, 4) is 0 Å². The number of benzene rings is 3. The number of ether oxygens (including phenoxy) is 5. The third kappa shape index (κ3) is 12.5. The Morgan fingerprint density at radius 2 is 0.565 bits per heavy atom. The van der Waals surface area contributed by atoms with Crippen LogP contribution in [0.15, 0.2) is 91.0 Å². The molecule has 0 atom stereocenters. The summed E-state index contributed by atoms with van der Waals surface area (Å²) in [6.45, 7) is -0.839. The molecule has 10 nitrogen and oxygen atoms in total. The molecule has 3 aromatic carbocycles. The first-order valence-corrected chi connectivity index (χ1v) is 15.5. The van der Waals surface area contributed by atoms with Gasteiger partial charge in [0.05, 0.1) is 115 Å². The molecule has 0 fully saturated rings. The minimum Gasteiger partial charge on any atom is -0.396 e. The molecule has 0 aliphatic rings. The van der Waals surface area contributed by atoms with Crippen molar-refractivity contribution in [2.45, 2.75) is 19.8 Å². The minimum atomic E-state index is -1.07. The van der Waals surface area contributed by atoms with Gasteiger partial charge in [-0.3, -0.25) is 0 Å². The molecule has 10 heteroatoms. The number of aliphatic hydroxyl groups is 5. The minimum absolute atomic E-state index is 0.0194. The van der Waals surface area contributed by atoms with E-state index in [1.807, 2.05) is 91.0 Å². The van der Waals surface area contributed by atoms with Gasteiger partial charge in [-0.05, 0) is 16.7 Å². The van der Waals surface area contributed by atoms with Gasteiger partial charge in [0.15, 0.2) is 0 Å². The molecule has 0 radical (unpaired) electrons. The number of rotatable bonds is 25. The van der Waals surface area contributed by atoms with Crippen LogP contribution in [0.2, 0.25) is 0 Å². The molecule has 0 heterocycles. The summed E-state index contributed by atoms with van der Waals surface area (Å²) in [6, 6.07) is 28.8. The zero-order valence-electron chi connectivity index (χ0n) is 26.5. The van der Waals surface area contributed by atoms with Gasteiger partial charge in [0.1, 0.15) is 0 Å².